The van der Waals surface area contributed by atoms with Crippen molar-refractivity contribution in [2.75, 3.05) is 5.32 Å². The highest BCUT2D eigenvalue weighted by Gasteiger charge is 2.10. The molecule has 4 rings (SSSR count). The summed E-state index contributed by atoms with van der Waals surface area (Å²) in [5, 5.41) is 16.3. The van der Waals surface area contributed by atoms with Crippen LogP contribution in [0.15, 0.2) is 30.6 Å². The van der Waals surface area contributed by atoms with Crippen LogP contribution in [0.1, 0.15) is 31.9 Å². The van der Waals surface area contributed by atoms with Crippen LogP contribution in [0.4, 0.5) is 11.5 Å². The van der Waals surface area contributed by atoms with Gasteiger partial charge in [-0.05, 0) is 31.5 Å². The summed E-state index contributed by atoms with van der Waals surface area (Å²) in [6.45, 7) is 5.24. The number of nitrogens with zero attached hydrogens (tertiary/aromatic N) is 5. The monoisotopic (exact) mass is 335 g/mol. The third-order valence-corrected chi connectivity index (χ3v) is 4.37. The molecule has 0 radical (unpaired) electrons. The second-order valence-corrected chi connectivity index (χ2v) is 6.20. The molecule has 128 valence electrons. The maximum absolute atomic E-state index is 4.70. The van der Waals surface area contributed by atoms with E-state index in [1.54, 1.807) is 12.4 Å². The first-order valence-electron chi connectivity index (χ1n) is 8.65. The maximum Gasteiger partial charge on any atom is 0.201 e. The predicted octanol–water partition coefficient (Wildman–Crippen LogP) is 3.94. The van der Waals surface area contributed by atoms with Gasteiger partial charge >= 0.3 is 0 Å². The Bertz CT molecular complexity index is 1010. The molecule has 7 nitrogen and oxygen atoms in total. The first-order chi connectivity index (χ1) is 12.3. The molecule has 0 aliphatic heterocycles. The molecule has 3 aromatic heterocycles. The molecule has 4 aromatic rings. The number of hydrogen-bond acceptors (Lipinski definition) is 5. The van der Waals surface area contributed by atoms with Gasteiger partial charge in [0.25, 0.3) is 0 Å². The fourth-order valence-electron chi connectivity index (χ4n) is 3.08. The molecule has 0 saturated heterocycles. The summed E-state index contributed by atoms with van der Waals surface area (Å²) in [6.07, 6.45) is 6.90. The minimum atomic E-state index is 0.603. The van der Waals surface area contributed by atoms with E-state index in [4.69, 9.17) is 5.10 Å². The Balaban J connectivity index is 1.64. The molecule has 0 unspecified atom stereocenters. The molecule has 7 heteroatoms. The van der Waals surface area contributed by atoms with E-state index in [0.29, 0.717) is 5.65 Å². The van der Waals surface area contributed by atoms with Crippen molar-refractivity contribution in [3.05, 3.63) is 36.3 Å². The Morgan fingerprint density at radius 1 is 1.16 bits per heavy atom. The lowest BCUT2D eigenvalue weighted by atomic mass is 10.2. The van der Waals surface area contributed by atoms with Gasteiger partial charge in [-0.15, -0.1) is 0 Å². The van der Waals surface area contributed by atoms with Crippen molar-refractivity contribution < 1.29 is 0 Å². The number of H-pyrrole nitrogens is 1. The van der Waals surface area contributed by atoms with Crippen molar-refractivity contribution in [2.45, 2.75) is 39.7 Å². The van der Waals surface area contributed by atoms with Gasteiger partial charge in [-0.1, -0.05) is 19.8 Å². The molecular formula is C18H21N7. The number of nitrogens with one attached hydrogen (secondary N) is 2. The van der Waals surface area contributed by atoms with Gasteiger partial charge in [-0.2, -0.15) is 10.2 Å². The van der Waals surface area contributed by atoms with Crippen LogP contribution in [-0.4, -0.2) is 29.9 Å². The average Bonchev–Trinajstić information content (AvgIpc) is 3.17. The van der Waals surface area contributed by atoms with E-state index in [0.717, 1.165) is 41.1 Å². The van der Waals surface area contributed by atoms with Crippen LogP contribution in [0.25, 0.3) is 22.1 Å². The number of anilines is 2. The highest BCUT2D eigenvalue weighted by molar-refractivity contribution is 5.89. The molecule has 0 bridgehead atoms. The molecular weight excluding hydrogens is 314 g/mol. The summed E-state index contributed by atoms with van der Waals surface area (Å²) in [5.74, 6) is 0.746. The predicted molar refractivity (Wildman–Crippen MR) is 99.0 cm³/mol. The largest absolute Gasteiger partial charge is 0.339 e. The number of unbranched alkanes of at least 4 members (excludes halogenated alkanes) is 2. The van der Waals surface area contributed by atoms with E-state index in [1.165, 1.54) is 18.4 Å². The van der Waals surface area contributed by atoms with Crippen LogP contribution in [0.3, 0.4) is 0 Å². The summed E-state index contributed by atoms with van der Waals surface area (Å²) >= 11 is 0. The topological polar surface area (TPSA) is 84.3 Å². The third kappa shape index (κ3) is 2.93. The summed E-state index contributed by atoms with van der Waals surface area (Å²) in [4.78, 5) is 8.52. The lowest BCUT2D eigenvalue weighted by Crippen LogP contribution is -2.00. The van der Waals surface area contributed by atoms with E-state index < -0.39 is 0 Å². The normalized spacial score (nSPS) is 11.4. The van der Waals surface area contributed by atoms with Gasteiger partial charge < -0.3 is 5.32 Å². The van der Waals surface area contributed by atoms with E-state index in [-0.39, 0.29) is 0 Å². The van der Waals surface area contributed by atoms with Gasteiger partial charge in [0, 0.05) is 30.0 Å². The van der Waals surface area contributed by atoms with E-state index >= 15 is 0 Å². The lowest BCUT2D eigenvalue weighted by Gasteiger charge is -2.06. The third-order valence-electron chi connectivity index (χ3n) is 4.37. The first kappa shape index (κ1) is 15.6. The van der Waals surface area contributed by atoms with Crippen LogP contribution in [0.5, 0.6) is 0 Å². The van der Waals surface area contributed by atoms with Gasteiger partial charge in [0.15, 0.2) is 11.3 Å². The van der Waals surface area contributed by atoms with E-state index in [9.17, 15) is 0 Å². The number of aromatic nitrogens is 6. The smallest absolute Gasteiger partial charge is 0.201 e. The Labute approximate surface area is 145 Å². The van der Waals surface area contributed by atoms with Crippen LogP contribution >= 0.6 is 0 Å². The fourth-order valence-corrected chi connectivity index (χ4v) is 3.08. The number of rotatable bonds is 6. The van der Waals surface area contributed by atoms with Crippen molar-refractivity contribution >= 4 is 33.6 Å². The Morgan fingerprint density at radius 2 is 2.04 bits per heavy atom. The molecule has 0 aliphatic carbocycles. The van der Waals surface area contributed by atoms with E-state index in [2.05, 4.69) is 62.2 Å². The van der Waals surface area contributed by atoms with E-state index in [1.807, 2.05) is 0 Å². The molecule has 2 N–H and O–H groups in total. The Hall–Kier alpha value is -2.96. The van der Waals surface area contributed by atoms with Crippen LogP contribution in [0, 0.1) is 6.92 Å². The maximum atomic E-state index is 4.70. The van der Waals surface area contributed by atoms with Crippen LogP contribution in [-0.2, 0) is 6.54 Å². The number of benzene rings is 1. The number of fused-ring (bicyclic) bond motifs is 2. The Kier molecular flexibility index (Phi) is 4.05. The molecule has 25 heavy (non-hydrogen) atoms. The minimum Gasteiger partial charge on any atom is -0.339 e. The minimum absolute atomic E-state index is 0.603. The highest BCUT2D eigenvalue weighted by atomic mass is 15.3. The summed E-state index contributed by atoms with van der Waals surface area (Å²) in [7, 11) is 0. The number of aromatic amines is 1. The zero-order chi connectivity index (χ0) is 17.2. The second-order valence-electron chi connectivity index (χ2n) is 6.20. The van der Waals surface area contributed by atoms with Gasteiger partial charge in [0.1, 0.15) is 0 Å². The second kappa shape index (κ2) is 6.51. The number of hydrogen-bond donors (Lipinski definition) is 2. The quantitative estimate of drug-likeness (QED) is 0.521. The van der Waals surface area contributed by atoms with Crippen molar-refractivity contribution in [3.63, 3.8) is 0 Å². The van der Waals surface area contributed by atoms with Crippen molar-refractivity contribution in [2.24, 2.45) is 0 Å². The zero-order valence-corrected chi connectivity index (χ0v) is 14.5. The molecule has 0 aliphatic rings. The van der Waals surface area contributed by atoms with Crippen LogP contribution in [0.2, 0.25) is 0 Å². The number of aryl methyl sites for hydroxylation is 2. The summed E-state index contributed by atoms with van der Waals surface area (Å²) in [6, 6.07) is 6.30. The van der Waals surface area contributed by atoms with Gasteiger partial charge in [-0.25, -0.2) is 9.97 Å². The first-order valence-corrected chi connectivity index (χ1v) is 8.65. The fraction of sp³-hybridized carbons (Fsp3) is 0.333. The SMILES string of the molecule is CCCCCn1nc(C)c2cc(Nc3[nH]nc4nccnc34)ccc21. The summed E-state index contributed by atoms with van der Waals surface area (Å²) < 4.78 is 2.11. The molecule has 3 heterocycles. The standard InChI is InChI=1S/C18H21N7/c1-3-4-5-10-25-15-7-6-13(11-14(15)12(2)24-25)21-18-16-17(22-23-18)20-9-8-19-16/h6-9,11H,3-5,10H2,1-2H3,(H2,20,21,22,23). The lowest BCUT2D eigenvalue weighted by molar-refractivity contribution is 0.564. The molecule has 0 saturated carbocycles. The zero-order valence-electron chi connectivity index (χ0n) is 14.5. The van der Waals surface area contributed by atoms with Gasteiger partial charge in [0.2, 0.25) is 5.65 Å². The molecule has 1 aromatic carbocycles. The van der Waals surface area contributed by atoms with Crippen LogP contribution < -0.4 is 5.32 Å². The molecule has 0 fully saturated rings. The Morgan fingerprint density at radius 3 is 2.92 bits per heavy atom. The highest BCUT2D eigenvalue weighted by Crippen LogP contribution is 2.26. The van der Waals surface area contributed by atoms with Crippen molar-refractivity contribution in [3.8, 4) is 0 Å². The summed E-state index contributed by atoms with van der Waals surface area (Å²) in [5.41, 5.74) is 4.53. The van der Waals surface area contributed by atoms with Crippen molar-refractivity contribution in [1.82, 2.24) is 29.9 Å². The molecule has 0 atom stereocenters. The molecule has 0 spiro atoms. The van der Waals surface area contributed by atoms with Gasteiger partial charge in [-0.3, -0.25) is 9.78 Å². The van der Waals surface area contributed by atoms with Gasteiger partial charge in [0.05, 0.1) is 11.2 Å². The van der Waals surface area contributed by atoms with Crippen molar-refractivity contribution in [1.29, 1.82) is 0 Å². The molecule has 0 amide bonds. The average molecular weight is 335 g/mol.